The van der Waals surface area contributed by atoms with Crippen molar-refractivity contribution in [2.75, 3.05) is 0 Å². The van der Waals surface area contributed by atoms with Gasteiger partial charge in [0.1, 0.15) is 0 Å². The van der Waals surface area contributed by atoms with Gasteiger partial charge in [0, 0.05) is 0 Å². The van der Waals surface area contributed by atoms with Gasteiger partial charge in [0.2, 0.25) is 0 Å². The minimum absolute atomic E-state index is 0.510. The molecular weight excluding hydrogens is 514 g/mol. The van der Waals surface area contributed by atoms with Gasteiger partial charge in [-0.3, -0.25) is 0 Å². The molecule has 2 nitrogen and oxygen atoms in total. The van der Waals surface area contributed by atoms with E-state index in [-0.39, 0.29) is 0 Å². The number of nitriles is 2. The Morgan fingerprint density at radius 2 is 1.29 bits per heavy atom. The molecule has 0 spiro atoms. The fraction of sp³-hybridized carbons (Fsp3) is 0.818. The Hall–Kier alpha value is 0.459. The molecule has 4 heterocycles. The van der Waals surface area contributed by atoms with E-state index in [0.29, 0.717) is 47.3 Å². The van der Waals surface area contributed by atoms with Crippen LogP contribution in [0.5, 0.6) is 0 Å². The molecule has 0 amide bonds. The molecule has 28 heavy (non-hydrogen) atoms. The average molecular weight is 543 g/mol. The molecular formula is C22H28N2S2Se2. The van der Waals surface area contributed by atoms with Crippen LogP contribution in [0.1, 0.15) is 52.4 Å². The number of rotatable bonds is 2. The topological polar surface area (TPSA) is 47.6 Å². The normalized spacial score (nSPS) is 49.6. The van der Waals surface area contributed by atoms with Gasteiger partial charge < -0.3 is 0 Å². The molecule has 0 aromatic carbocycles. The minimum atomic E-state index is 0.510. The molecule has 1 aliphatic carbocycles. The Morgan fingerprint density at radius 3 is 1.64 bits per heavy atom. The molecule has 150 valence electrons. The van der Waals surface area contributed by atoms with Crippen LogP contribution in [0, 0.1) is 34.5 Å². The van der Waals surface area contributed by atoms with Crippen molar-refractivity contribution >= 4 is 53.4 Å². The molecule has 4 saturated heterocycles. The van der Waals surface area contributed by atoms with Crippen LogP contribution >= 0.6 is 23.5 Å². The van der Waals surface area contributed by atoms with Crippen molar-refractivity contribution in [3.05, 3.63) is 11.1 Å². The first kappa shape index (κ1) is 20.4. The first-order valence-electron chi connectivity index (χ1n) is 10.7. The fourth-order valence-electron chi connectivity index (χ4n) is 6.19. The van der Waals surface area contributed by atoms with Gasteiger partial charge >= 0.3 is 192 Å². The zero-order chi connectivity index (χ0) is 19.4. The maximum atomic E-state index is 9.72. The molecule has 10 unspecified atom stereocenters. The van der Waals surface area contributed by atoms with E-state index in [1.165, 1.54) is 44.1 Å². The monoisotopic (exact) mass is 544 g/mol. The van der Waals surface area contributed by atoms with Crippen LogP contribution in [0.15, 0.2) is 11.1 Å². The SMILES string of the molecule is CC1CCC(C2CC3C(=C(C#N)C#N)C4CC(C5CCC(C)S5)[Se]C4C3[Se]2)S1. The van der Waals surface area contributed by atoms with Gasteiger partial charge in [-0.05, 0) is 0 Å². The Balaban J connectivity index is 1.40. The second kappa shape index (κ2) is 8.19. The summed E-state index contributed by atoms with van der Waals surface area (Å²) in [6, 6.07) is 4.65. The third-order valence-corrected chi connectivity index (χ3v) is 19.9. The summed E-state index contributed by atoms with van der Waals surface area (Å²) in [5, 5.41) is 22.8. The van der Waals surface area contributed by atoms with Gasteiger partial charge in [0.25, 0.3) is 0 Å². The molecule has 0 N–H and O–H groups in total. The van der Waals surface area contributed by atoms with Crippen LogP contribution in [0.25, 0.3) is 0 Å². The van der Waals surface area contributed by atoms with Gasteiger partial charge in [-0.15, -0.1) is 0 Å². The van der Waals surface area contributed by atoms with Gasteiger partial charge in [-0.25, -0.2) is 0 Å². The summed E-state index contributed by atoms with van der Waals surface area (Å²) in [6.45, 7) is 4.78. The second-order valence-electron chi connectivity index (χ2n) is 9.14. The van der Waals surface area contributed by atoms with Crippen molar-refractivity contribution in [3.63, 3.8) is 0 Å². The van der Waals surface area contributed by atoms with E-state index in [9.17, 15) is 10.5 Å². The summed E-state index contributed by atoms with van der Waals surface area (Å²) in [7, 11) is 0. The van der Waals surface area contributed by atoms with E-state index >= 15 is 0 Å². The second-order valence-corrected chi connectivity index (χ2v) is 18.5. The third-order valence-electron chi connectivity index (χ3n) is 7.42. The average Bonchev–Trinajstić information content (AvgIpc) is 3.45. The summed E-state index contributed by atoms with van der Waals surface area (Å²) < 4.78 is 0. The van der Waals surface area contributed by atoms with Gasteiger partial charge in [-0.2, -0.15) is 0 Å². The van der Waals surface area contributed by atoms with Gasteiger partial charge in [0.05, 0.1) is 0 Å². The molecule has 0 aromatic heterocycles. The number of allylic oxidation sites excluding steroid dienone is 2. The van der Waals surface area contributed by atoms with E-state index in [0.717, 1.165) is 40.3 Å². The van der Waals surface area contributed by atoms with Crippen LogP contribution in [-0.2, 0) is 0 Å². The Kier molecular flexibility index (Phi) is 5.95. The molecule has 6 heteroatoms. The number of thioether (sulfide) groups is 2. The summed E-state index contributed by atoms with van der Waals surface area (Å²) >= 11 is 5.90. The van der Waals surface area contributed by atoms with E-state index in [1.54, 1.807) is 0 Å². The van der Waals surface area contributed by atoms with E-state index in [1.807, 2.05) is 0 Å². The molecule has 0 aromatic rings. The molecule has 5 aliphatic rings. The van der Waals surface area contributed by atoms with Crippen molar-refractivity contribution in [2.45, 2.75) is 92.6 Å². The zero-order valence-electron chi connectivity index (χ0n) is 16.5. The third kappa shape index (κ3) is 3.45. The van der Waals surface area contributed by atoms with Crippen LogP contribution < -0.4 is 0 Å². The summed E-state index contributed by atoms with van der Waals surface area (Å²) in [5.41, 5.74) is 1.86. The Bertz CT molecular complexity index is 697. The van der Waals surface area contributed by atoms with E-state index in [2.05, 4.69) is 49.5 Å². The zero-order valence-corrected chi connectivity index (χ0v) is 21.6. The van der Waals surface area contributed by atoms with E-state index < -0.39 is 0 Å². The van der Waals surface area contributed by atoms with Gasteiger partial charge in [-0.1, -0.05) is 0 Å². The van der Waals surface area contributed by atoms with Crippen LogP contribution in [0.4, 0.5) is 0 Å². The number of hydrogen-bond donors (Lipinski definition) is 0. The first-order chi connectivity index (χ1) is 13.6. The maximum absolute atomic E-state index is 9.72. The predicted octanol–water partition coefficient (Wildman–Crippen LogP) is 5.51. The van der Waals surface area contributed by atoms with Crippen molar-refractivity contribution < 1.29 is 0 Å². The van der Waals surface area contributed by atoms with E-state index in [4.69, 9.17) is 0 Å². The standard InChI is InChI=1S/C22H28N2S2Se2/c1-11-3-5-16(25-11)18-7-14-20(13(9-23)10-24)15-8-19(17-6-4-12(2)26-17)28-22(15)21(14)27-18/h11-12,14-19,21-22H,3-8H2,1-2H3. The van der Waals surface area contributed by atoms with Crippen molar-refractivity contribution in [1.82, 2.24) is 0 Å². The van der Waals surface area contributed by atoms with Crippen molar-refractivity contribution in [2.24, 2.45) is 11.8 Å². The van der Waals surface area contributed by atoms with Gasteiger partial charge in [0.15, 0.2) is 0 Å². The van der Waals surface area contributed by atoms with Crippen molar-refractivity contribution in [3.8, 4) is 12.1 Å². The molecule has 4 aliphatic heterocycles. The van der Waals surface area contributed by atoms with Crippen LogP contribution in [0.3, 0.4) is 0 Å². The number of hydrogen-bond acceptors (Lipinski definition) is 4. The predicted molar refractivity (Wildman–Crippen MR) is 121 cm³/mol. The number of fused-ring (bicyclic) bond motifs is 3. The van der Waals surface area contributed by atoms with Crippen LogP contribution in [-0.4, -0.2) is 50.9 Å². The molecule has 5 rings (SSSR count). The molecule has 0 bridgehead atoms. The molecule has 0 radical (unpaired) electrons. The molecule has 10 atom stereocenters. The summed E-state index contributed by atoms with van der Waals surface area (Å²) in [4.78, 5) is 3.48. The summed E-state index contributed by atoms with van der Waals surface area (Å²) in [5.74, 6) is 1.17. The Labute approximate surface area is 190 Å². The number of nitrogens with zero attached hydrogens (tertiary/aromatic N) is 2. The molecule has 1 saturated carbocycles. The Morgan fingerprint density at radius 1 is 0.821 bits per heavy atom. The van der Waals surface area contributed by atoms with Crippen molar-refractivity contribution in [1.29, 1.82) is 10.5 Å². The summed E-state index contributed by atoms with van der Waals surface area (Å²) in [6.07, 6.45) is 8.16. The molecule has 5 fully saturated rings. The fourth-order valence-corrected chi connectivity index (χ4v) is 19.6. The first-order valence-corrected chi connectivity index (χ1v) is 16.6. The van der Waals surface area contributed by atoms with Crippen LogP contribution in [0.2, 0.25) is 19.3 Å². The quantitative estimate of drug-likeness (QED) is 0.341.